The Morgan fingerprint density at radius 3 is 2.82 bits per heavy atom. The van der Waals surface area contributed by atoms with E-state index in [0.717, 1.165) is 25.0 Å². The third-order valence-corrected chi connectivity index (χ3v) is 2.12. The summed E-state index contributed by atoms with van der Waals surface area (Å²) >= 11 is 0. The van der Waals surface area contributed by atoms with E-state index in [9.17, 15) is 13.6 Å². The van der Waals surface area contributed by atoms with Crippen LogP contribution in [0.25, 0.3) is 0 Å². The molecule has 0 saturated carbocycles. The Bertz CT molecular complexity index is 383. The van der Waals surface area contributed by atoms with Gasteiger partial charge in [-0.1, -0.05) is 13.3 Å². The Kier molecular flexibility index (Phi) is 5.39. The van der Waals surface area contributed by atoms with Gasteiger partial charge in [-0.3, -0.25) is 4.79 Å². The van der Waals surface area contributed by atoms with Gasteiger partial charge in [-0.15, -0.1) is 0 Å². The number of carbonyl (C=O) groups is 1. The Hall–Kier alpha value is -1.65. The molecular weight excluding hydrogens is 228 g/mol. The minimum Gasteiger partial charge on any atom is -0.464 e. The van der Waals surface area contributed by atoms with Crippen LogP contribution in [-0.4, -0.2) is 19.1 Å². The summed E-state index contributed by atoms with van der Waals surface area (Å²) in [5.41, 5.74) is 0.0823. The fraction of sp³-hybridized carbons (Fsp3) is 0.417. The lowest BCUT2D eigenvalue weighted by atomic mass is 10.3. The highest BCUT2D eigenvalue weighted by Crippen LogP contribution is 2.14. The maximum Gasteiger partial charge on any atom is 0.325 e. The number of esters is 1. The smallest absolute Gasteiger partial charge is 0.325 e. The predicted octanol–water partition coefficient (Wildman–Crippen LogP) is 2.72. The number of rotatable bonds is 6. The fourth-order valence-electron chi connectivity index (χ4n) is 1.18. The molecule has 5 heteroatoms. The number of anilines is 1. The first-order chi connectivity index (χ1) is 8.13. The summed E-state index contributed by atoms with van der Waals surface area (Å²) in [6.45, 7) is 2.22. The van der Waals surface area contributed by atoms with Crippen molar-refractivity contribution in [2.75, 3.05) is 18.5 Å². The van der Waals surface area contributed by atoms with Crippen molar-refractivity contribution in [3.8, 4) is 0 Å². The molecule has 0 aromatic heterocycles. The third kappa shape index (κ3) is 4.80. The standard InChI is InChI=1S/C12H15F2NO2/c1-2-3-6-17-12(16)8-15-11-5-4-9(13)7-10(11)14/h4-5,7,15H,2-3,6,8H2,1H3. The van der Waals surface area contributed by atoms with Gasteiger partial charge in [-0.25, -0.2) is 8.78 Å². The van der Waals surface area contributed by atoms with Gasteiger partial charge in [0.2, 0.25) is 0 Å². The van der Waals surface area contributed by atoms with Gasteiger partial charge in [0, 0.05) is 6.07 Å². The fourth-order valence-corrected chi connectivity index (χ4v) is 1.18. The van der Waals surface area contributed by atoms with Crippen LogP contribution in [0.5, 0.6) is 0 Å². The normalized spacial score (nSPS) is 10.1. The molecule has 1 N–H and O–H groups in total. The van der Waals surface area contributed by atoms with Gasteiger partial charge in [0.1, 0.15) is 18.2 Å². The summed E-state index contributed by atoms with van der Waals surface area (Å²) in [7, 11) is 0. The van der Waals surface area contributed by atoms with Crippen LogP contribution in [0.15, 0.2) is 18.2 Å². The van der Waals surface area contributed by atoms with Gasteiger partial charge in [-0.05, 0) is 18.6 Å². The van der Waals surface area contributed by atoms with Crippen LogP contribution >= 0.6 is 0 Å². The number of benzene rings is 1. The molecule has 0 spiro atoms. The Labute approximate surface area is 98.8 Å². The van der Waals surface area contributed by atoms with E-state index >= 15 is 0 Å². The molecule has 0 radical (unpaired) electrons. The van der Waals surface area contributed by atoms with Crippen molar-refractivity contribution in [2.45, 2.75) is 19.8 Å². The van der Waals surface area contributed by atoms with Crippen molar-refractivity contribution in [2.24, 2.45) is 0 Å². The molecule has 0 heterocycles. The minimum absolute atomic E-state index is 0.0823. The molecule has 0 aliphatic rings. The highest BCUT2D eigenvalue weighted by molar-refractivity contribution is 5.75. The summed E-state index contributed by atoms with van der Waals surface area (Å²) in [5, 5.41) is 2.55. The molecule has 1 aromatic rings. The van der Waals surface area contributed by atoms with E-state index in [1.54, 1.807) is 0 Å². The molecule has 1 aromatic carbocycles. The summed E-state index contributed by atoms with van der Waals surface area (Å²) in [4.78, 5) is 11.2. The summed E-state index contributed by atoms with van der Waals surface area (Å²) in [5.74, 6) is -1.84. The monoisotopic (exact) mass is 243 g/mol. The lowest BCUT2D eigenvalue weighted by Crippen LogP contribution is -2.18. The number of ether oxygens (including phenoxy) is 1. The first-order valence-electron chi connectivity index (χ1n) is 5.48. The third-order valence-electron chi connectivity index (χ3n) is 2.12. The van der Waals surface area contributed by atoms with E-state index in [2.05, 4.69) is 5.32 Å². The van der Waals surface area contributed by atoms with Crippen molar-refractivity contribution >= 4 is 11.7 Å². The van der Waals surface area contributed by atoms with Crippen LogP contribution < -0.4 is 5.32 Å². The molecule has 0 bridgehead atoms. The minimum atomic E-state index is -0.730. The number of hydrogen-bond acceptors (Lipinski definition) is 3. The zero-order valence-corrected chi connectivity index (χ0v) is 9.63. The molecule has 0 saturated heterocycles. The molecule has 0 fully saturated rings. The van der Waals surface area contributed by atoms with Gasteiger partial charge in [0.05, 0.1) is 12.3 Å². The lowest BCUT2D eigenvalue weighted by molar-refractivity contribution is -0.141. The second-order valence-electron chi connectivity index (χ2n) is 3.55. The highest BCUT2D eigenvalue weighted by Gasteiger charge is 2.06. The number of hydrogen-bond donors (Lipinski definition) is 1. The zero-order chi connectivity index (χ0) is 12.7. The number of halogens is 2. The molecule has 0 atom stereocenters. The van der Waals surface area contributed by atoms with Gasteiger partial charge in [0.15, 0.2) is 0 Å². The molecule has 1 rings (SSSR count). The van der Waals surface area contributed by atoms with Crippen LogP contribution in [0.1, 0.15) is 19.8 Å². The second-order valence-corrected chi connectivity index (χ2v) is 3.55. The molecule has 0 aliphatic carbocycles. The van der Waals surface area contributed by atoms with E-state index in [4.69, 9.17) is 4.74 Å². The van der Waals surface area contributed by atoms with Crippen LogP contribution in [-0.2, 0) is 9.53 Å². The lowest BCUT2D eigenvalue weighted by Gasteiger charge is -2.07. The van der Waals surface area contributed by atoms with Crippen molar-refractivity contribution in [1.29, 1.82) is 0 Å². The zero-order valence-electron chi connectivity index (χ0n) is 9.63. The van der Waals surface area contributed by atoms with Gasteiger partial charge < -0.3 is 10.1 Å². The summed E-state index contributed by atoms with van der Waals surface area (Å²) < 4.78 is 30.6. The number of unbranched alkanes of at least 4 members (excludes halogenated alkanes) is 1. The van der Waals surface area contributed by atoms with Crippen LogP contribution in [0.3, 0.4) is 0 Å². The summed E-state index contributed by atoms with van der Waals surface area (Å²) in [6.07, 6.45) is 1.74. The van der Waals surface area contributed by atoms with Crippen molar-refractivity contribution in [3.05, 3.63) is 29.8 Å². The first-order valence-corrected chi connectivity index (χ1v) is 5.48. The number of carbonyl (C=O) groups excluding carboxylic acids is 1. The maximum atomic E-state index is 13.2. The maximum absolute atomic E-state index is 13.2. The molecule has 0 unspecified atom stereocenters. The van der Waals surface area contributed by atoms with Crippen LogP contribution in [0.4, 0.5) is 14.5 Å². The van der Waals surface area contributed by atoms with E-state index in [1.165, 1.54) is 6.07 Å². The number of nitrogens with one attached hydrogen (secondary N) is 1. The first kappa shape index (κ1) is 13.4. The average Bonchev–Trinajstić information content (AvgIpc) is 2.28. The predicted molar refractivity (Wildman–Crippen MR) is 60.7 cm³/mol. The van der Waals surface area contributed by atoms with Crippen molar-refractivity contribution < 1.29 is 18.3 Å². The van der Waals surface area contributed by atoms with Crippen LogP contribution in [0, 0.1) is 11.6 Å². The van der Waals surface area contributed by atoms with Crippen molar-refractivity contribution in [3.63, 3.8) is 0 Å². The van der Waals surface area contributed by atoms with Crippen molar-refractivity contribution in [1.82, 2.24) is 0 Å². The van der Waals surface area contributed by atoms with Gasteiger partial charge >= 0.3 is 5.97 Å². The van der Waals surface area contributed by atoms with E-state index in [-0.39, 0.29) is 12.2 Å². The molecule has 17 heavy (non-hydrogen) atoms. The molecular formula is C12H15F2NO2. The highest BCUT2D eigenvalue weighted by atomic mass is 19.1. The van der Waals surface area contributed by atoms with E-state index in [1.807, 2.05) is 6.92 Å². The van der Waals surface area contributed by atoms with Gasteiger partial charge in [0.25, 0.3) is 0 Å². The molecule has 0 aliphatic heterocycles. The molecule has 3 nitrogen and oxygen atoms in total. The Morgan fingerprint density at radius 2 is 2.18 bits per heavy atom. The molecule has 94 valence electrons. The second kappa shape index (κ2) is 6.83. The van der Waals surface area contributed by atoms with E-state index in [0.29, 0.717) is 6.61 Å². The molecule has 0 amide bonds. The van der Waals surface area contributed by atoms with E-state index < -0.39 is 17.6 Å². The quantitative estimate of drug-likeness (QED) is 0.616. The topological polar surface area (TPSA) is 38.3 Å². The average molecular weight is 243 g/mol. The van der Waals surface area contributed by atoms with Crippen LogP contribution in [0.2, 0.25) is 0 Å². The largest absolute Gasteiger partial charge is 0.464 e. The summed E-state index contributed by atoms with van der Waals surface area (Å²) in [6, 6.07) is 3.11. The SMILES string of the molecule is CCCCOC(=O)CNc1ccc(F)cc1F. The Balaban J connectivity index is 2.37. The Morgan fingerprint density at radius 1 is 1.41 bits per heavy atom. The van der Waals surface area contributed by atoms with Gasteiger partial charge in [-0.2, -0.15) is 0 Å².